The molecule has 0 aliphatic rings. The average Bonchev–Trinajstić information content (AvgIpc) is 3.18. The molecule has 0 saturated carbocycles. The summed E-state index contributed by atoms with van der Waals surface area (Å²) < 4.78 is 5.75. The van der Waals surface area contributed by atoms with Crippen LogP contribution in [0.3, 0.4) is 0 Å². The van der Waals surface area contributed by atoms with E-state index in [1.165, 1.54) is 11.3 Å². The monoisotopic (exact) mass is 466 g/mol. The van der Waals surface area contributed by atoms with Crippen molar-refractivity contribution in [1.82, 2.24) is 15.3 Å². The standard InChI is InChI=1S/C24H23ClN4O2S/c25-20-13-21(32-22(20)15-31-11-3-5-18-4-1-2-9-27-18)24(30)29-14-16-6-7-19-17(12-16)8-10-28-23(19)26/h1-2,4,6-10,12-13H,3,5,11,14-15H2,(H2,26,28)(H,29,30). The van der Waals surface area contributed by atoms with Gasteiger partial charge in [-0.3, -0.25) is 9.78 Å². The molecule has 0 atom stereocenters. The van der Waals surface area contributed by atoms with Crippen LogP contribution in [-0.4, -0.2) is 22.5 Å². The smallest absolute Gasteiger partial charge is 0.261 e. The number of ether oxygens (including phenoxy) is 1. The summed E-state index contributed by atoms with van der Waals surface area (Å²) in [5.74, 6) is 0.338. The Morgan fingerprint density at radius 3 is 2.88 bits per heavy atom. The molecule has 4 rings (SSSR count). The van der Waals surface area contributed by atoms with E-state index in [2.05, 4.69) is 15.3 Å². The zero-order valence-corrected chi connectivity index (χ0v) is 19.0. The summed E-state index contributed by atoms with van der Waals surface area (Å²) in [6.07, 6.45) is 5.21. The third-order valence-corrected chi connectivity index (χ3v) is 6.53. The molecule has 3 N–H and O–H groups in total. The summed E-state index contributed by atoms with van der Waals surface area (Å²) in [6.45, 7) is 1.40. The summed E-state index contributed by atoms with van der Waals surface area (Å²) in [5, 5.41) is 5.39. The summed E-state index contributed by atoms with van der Waals surface area (Å²) in [4.78, 5) is 22.4. The molecule has 4 aromatic rings. The summed E-state index contributed by atoms with van der Waals surface area (Å²) >= 11 is 7.67. The van der Waals surface area contributed by atoms with E-state index in [4.69, 9.17) is 22.1 Å². The number of pyridine rings is 2. The van der Waals surface area contributed by atoms with Gasteiger partial charge in [-0.05, 0) is 54.1 Å². The van der Waals surface area contributed by atoms with Crippen LogP contribution in [0.2, 0.25) is 5.02 Å². The van der Waals surface area contributed by atoms with Crippen LogP contribution < -0.4 is 11.1 Å². The van der Waals surface area contributed by atoms with E-state index in [-0.39, 0.29) is 5.91 Å². The number of hydrogen-bond acceptors (Lipinski definition) is 6. The first-order valence-corrected chi connectivity index (χ1v) is 11.5. The highest BCUT2D eigenvalue weighted by atomic mass is 35.5. The maximum atomic E-state index is 12.6. The fourth-order valence-electron chi connectivity index (χ4n) is 3.31. The van der Waals surface area contributed by atoms with Crippen molar-refractivity contribution in [3.8, 4) is 0 Å². The number of amides is 1. The lowest BCUT2D eigenvalue weighted by molar-refractivity contribution is 0.0955. The minimum atomic E-state index is -0.160. The Bertz CT molecular complexity index is 1210. The van der Waals surface area contributed by atoms with Crippen molar-refractivity contribution in [1.29, 1.82) is 0 Å². The molecule has 0 aliphatic heterocycles. The number of benzene rings is 1. The van der Waals surface area contributed by atoms with Gasteiger partial charge in [-0.2, -0.15) is 0 Å². The number of anilines is 1. The normalized spacial score (nSPS) is 11.0. The molecule has 3 heterocycles. The first kappa shape index (κ1) is 22.2. The second kappa shape index (κ2) is 10.5. The quantitative estimate of drug-likeness (QED) is 0.338. The van der Waals surface area contributed by atoms with E-state index in [9.17, 15) is 4.79 Å². The molecule has 1 aromatic carbocycles. The van der Waals surface area contributed by atoms with Gasteiger partial charge in [0.25, 0.3) is 5.91 Å². The molecule has 0 fully saturated rings. The SMILES string of the molecule is Nc1nccc2cc(CNC(=O)c3cc(Cl)c(COCCCc4ccccn4)s3)ccc12. The number of fused-ring (bicyclic) bond motifs is 1. The van der Waals surface area contributed by atoms with Gasteiger partial charge in [0.2, 0.25) is 0 Å². The molecule has 0 bridgehead atoms. The van der Waals surface area contributed by atoms with Crippen LogP contribution in [0.25, 0.3) is 10.8 Å². The van der Waals surface area contributed by atoms with Crippen molar-refractivity contribution in [3.63, 3.8) is 0 Å². The summed E-state index contributed by atoms with van der Waals surface area (Å²) in [5.41, 5.74) is 7.93. The Balaban J connectivity index is 1.27. The maximum Gasteiger partial charge on any atom is 0.261 e. The van der Waals surface area contributed by atoms with Crippen molar-refractivity contribution >= 4 is 45.4 Å². The molecule has 0 spiro atoms. The number of halogens is 1. The molecule has 0 radical (unpaired) electrons. The van der Waals surface area contributed by atoms with Gasteiger partial charge in [0, 0.05) is 41.5 Å². The Hall–Kier alpha value is -3.00. The third kappa shape index (κ3) is 5.62. The van der Waals surface area contributed by atoms with Gasteiger partial charge in [0.15, 0.2) is 0 Å². The molecule has 3 aromatic heterocycles. The number of thiophene rings is 1. The van der Waals surface area contributed by atoms with Crippen LogP contribution in [0.15, 0.2) is 60.9 Å². The third-order valence-electron chi connectivity index (χ3n) is 4.97. The highest BCUT2D eigenvalue weighted by molar-refractivity contribution is 7.14. The van der Waals surface area contributed by atoms with Crippen LogP contribution in [0.5, 0.6) is 0 Å². The molecular formula is C24H23ClN4O2S. The number of nitrogen functional groups attached to an aromatic ring is 1. The second-order valence-electron chi connectivity index (χ2n) is 7.29. The Kier molecular flexibility index (Phi) is 7.32. The van der Waals surface area contributed by atoms with E-state index < -0.39 is 0 Å². The minimum absolute atomic E-state index is 0.160. The number of aromatic nitrogens is 2. The molecular weight excluding hydrogens is 444 g/mol. The van der Waals surface area contributed by atoms with Crippen LogP contribution in [0, 0.1) is 0 Å². The molecule has 6 nitrogen and oxygen atoms in total. The van der Waals surface area contributed by atoms with Crippen LogP contribution in [0.1, 0.15) is 32.2 Å². The molecule has 1 amide bonds. The number of nitrogens with zero attached hydrogens (tertiary/aromatic N) is 2. The fourth-order valence-corrected chi connectivity index (χ4v) is 4.56. The van der Waals surface area contributed by atoms with E-state index in [1.807, 2.05) is 42.5 Å². The molecule has 0 unspecified atom stereocenters. The lowest BCUT2D eigenvalue weighted by Gasteiger charge is -2.06. The predicted molar refractivity (Wildman–Crippen MR) is 129 cm³/mol. The Labute approximate surface area is 195 Å². The van der Waals surface area contributed by atoms with Crippen LogP contribution in [-0.2, 0) is 24.3 Å². The van der Waals surface area contributed by atoms with Crippen molar-refractivity contribution in [3.05, 3.63) is 87.0 Å². The van der Waals surface area contributed by atoms with E-state index in [0.717, 1.165) is 39.7 Å². The zero-order valence-electron chi connectivity index (χ0n) is 17.4. The first-order chi connectivity index (χ1) is 15.6. The second-order valence-corrected chi connectivity index (χ2v) is 8.84. The van der Waals surface area contributed by atoms with Gasteiger partial charge in [0.05, 0.1) is 16.5 Å². The van der Waals surface area contributed by atoms with Crippen LogP contribution in [0.4, 0.5) is 5.82 Å². The molecule has 0 aliphatic carbocycles. The van der Waals surface area contributed by atoms with Gasteiger partial charge < -0.3 is 15.8 Å². The molecule has 32 heavy (non-hydrogen) atoms. The first-order valence-electron chi connectivity index (χ1n) is 10.3. The lowest BCUT2D eigenvalue weighted by atomic mass is 10.1. The lowest BCUT2D eigenvalue weighted by Crippen LogP contribution is -2.21. The number of nitrogens with two attached hydrogens (primary N) is 1. The van der Waals surface area contributed by atoms with E-state index in [0.29, 0.717) is 35.5 Å². The fraction of sp³-hybridized carbons (Fsp3) is 0.208. The van der Waals surface area contributed by atoms with Crippen molar-refractivity contribution in [2.45, 2.75) is 26.0 Å². The number of carbonyl (C=O) groups is 1. The largest absolute Gasteiger partial charge is 0.383 e. The number of rotatable bonds is 9. The Morgan fingerprint density at radius 1 is 1.12 bits per heavy atom. The zero-order chi connectivity index (χ0) is 22.3. The minimum Gasteiger partial charge on any atom is -0.383 e. The summed E-state index contributed by atoms with van der Waals surface area (Å²) in [7, 11) is 0. The Morgan fingerprint density at radius 2 is 2.03 bits per heavy atom. The van der Waals surface area contributed by atoms with Gasteiger partial charge in [-0.25, -0.2) is 4.98 Å². The van der Waals surface area contributed by atoms with Crippen molar-refractivity contribution in [2.75, 3.05) is 12.3 Å². The van der Waals surface area contributed by atoms with Gasteiger partial charge in [0.1, 0.15) is 5.82 Å². The molecule has 8 heteroatoms. The predicted octanol–water partition coefficient (Wildman–Crippen LogP) is 5.01. The molecule has 0 saturated heterocycles. The van der Waals surface area contributed by atoms with E-state index >= 15 is 0 Å². The van der Waals surface area contributed by atoms with Gasteiger partial charge >= 0.3 is 0 Å². The van der Waals surface area contributed by atoms with Crippen LogP contribution >= 0.6 is 22.9 Å². The number of carbonyl (C=O) groups excluding carboxylic acids is 1. The number of aryl methyl sites for hydroxylation is 1. The van der Waals surface area contributed by atoms with E-state index in [1.54, 1.807) is 18.5 Å². The topological polar surface area (TPSA) is 90.1 Å². The number of hydrogen-bond donors (Lipinski definition) is 2. The number of nitrogens with one attached hydrogen (secondary N) is 1. The summed E-state index contributed by atoms with van der Waals surface area (Å²) in [6, 6.07) is 15.3. The maximum absolute atomic E-state index is 12.6. The highest BCUT2D eigenvalue weighted by Gasteiger charge is 2.14. The van der Waals surface area contributed by atoms with Crippen molar-refractivity contribution in [2.24, 2.45) is 0 Å². The van der Waals surface area contributed by atoms with Crippen molar-refractivity contribution < 1.29 is 9.53 Å². The van der Waals surface area contributed by atoms with Gasteiger partial charge in [-0.15, -0.1) is 11.3 Å². The van der Waals surface area contributed by atoms with Gasteiger partial charge in [-0.1, -0.05) is 29.8 Å². The average molecular weight is 467 g/mol. The highest BCUT2D eigenvalue weighted by Crippen LogP contribution is 2.28. The molecule has 164 valence electrons.